The van der Waals surface area contributed by atoms with Gasteiger partial charge in [-0.15, -0.1) is 11.6 Å². The van der Waals surface area contributed by atoms with Gasteiger partial charge in [0.25, 0.3) is 0 Å². The molecule has 1 aliphatic carbocycles. The topological polar surface area (TPSA) is 17.8 Å². The second-order valence-corrected chi connectivity index (χ2v) is 7.92. The van der Waals surface area contributed by atoms with Gasteiger partial charge in [-0.1, -0.05) is 12.5 Å². The van der Waals surface area contributed by atoms with E-state index in [1.807, 2.05) is 18.7 Å². The molecule has 0 spiro atoms. The fourth-order valence-corrected chi connectivity index (χ4v) is 4.43. The van der Waals surface area contributed by atoms with E-state index in [0.29, 0.717) is 6.04 Å². The second-order valence-electron chi connectivity index (χ2n) is 6.13. The van der Waals surface area contributed by atoms with E-state index in [0.717, 1.165) is 16.6 Å². The number of fused-ring (bicyclic) bond motifs is 1. The van der Waals surface area contributed by atoms with Crippen LogP contribution in [0, 0.1) is 6.92 Å². The third-order valence-electron chi connectivity index (χ3n) is 4.52. The van der Waals surface area contributed by atoms with Crippen LogP contribution in [0.25, 0.3) is 11.0 Å². The highest BCUT2D eigenvalue weighted by Crippen LogP contribution is 2.38. The van der Waals surface area contributed by atoms with E-state index >= 15 is 0 Å². The Balaban J connectivity index is 2.10. The fourth-order valence-electron chi connectivity index (χ4n) is 3.45. The van der Waals surface area contributed by atoms with Crippen molar-refractivity contribution in [3.05, 3.63) is 29.6 Å². The number of rotatable bonds is 3. The molecular formula is C17H23ClN2S. The average Bonchev–Trinajstić information content (AvgIpc) is 2.86. The van der Waals surface area contributed by atoms with Gasteiger partial charge in [0, 0.05) is 11.3 Å². The average molecular weight is 323 g/mol. The van der Waals surface area contributed by atoms with Crippen molar-refractivity contribution in [2.24, 2.45) is 0 Å². The maximum Gasteiger partial charge on any atom is 0.127 e. The zero-order valence-electron chi connectivity index (χ0n) is 13.0. The summed E-state index contributed by atoms with van der Waals surface area (Å²) in [4.78, 5) is 4.80. The van der Waals surface area contributed by atoms with Crippen molar-refractivity contribution < 1.29 is 0 Å². The first kappa shape index (κ1) is 15.2. The summed E-state index contributed by atoms with van der Waals surface area (Å²) in [6.07, 6.45) is 7.35. The second kappa shape index (κ2) is 6.21. The lowest BCUT2D eigenvalue weighted by Gasteiger charge is -2.31. The molecule has 0 radical (unpaired) electrons. The van der Waals surface area contributed by atoms with Gasteiger partial charge in [-0.3, -0.25) is 0 Å². The van der Waals surface area contributed by atoms with Crippen molar-refractivity contribution in [1.29, 1.82) is 0 Å². The van der Waals surface area contributed by atoms with Gasteiger partial charge in [-0.2, -0.15) is 11.8 Å². The number of thioether (sulfide) groups is 1. The molecule has 1 aromatic heterocycles. The van der Waals surface area contributed by atoms with Crippen molar-refractivity contribution >= 4 is 34.4 Å². The minimum absolute atomic E-state index is 0.0487. The fraction of sp³-hybridized carbons (Fsp3) is 0.588. The Bertz CT molecular complexity index is 635. The van der Waals surface area contributed by atoms with Crippen molar-refractivity contribution in [3.63, 3.8) is 0 Å². The number of hydrogen-bond acceptors (Lipinski definition) is 2. The van der Waals surface area contributed by atoms with Crippen LogP contribution in [0.5, 0.6) is 0 Å². The number of alkyl halides is 1. The number of benzene rings is 1. The number of nitrogens with zero attached hydrogens (tertiary/aromatic N) is 2. The lowest BCUT2D eigenvalue weighted by molar-refractivity contribution is 0.360. The molecule has 1 aliphatic rings. The molecule has 0 amide bonds. The third kappa shape index (κ3) is 2.95. The molecule has 1 saturated carbocycles. The number of hydrogen-bond donors (Lipinski definition) is 0. The molecule has 3 atom stereocenters. The summed E-state index contributed by atoms with van der Waals surface area (Å²) in [5.41, 5.74) is 3.62. The molecule has 2 nitrogen and oxygen atoms in total. The molecule has 3 rings (SSSR count). The van der Waals surface area contributed by atoms with E-state index < -0.39 is 0 Å². The molecule has 1 aromatic carbocycles. The van der Waals surface area contributed by atoms with E-state index in [1.54, 1.807) is 0 Å². The van der Waals surface area contributed by atoms with Crippen LogP contribution in [0.4, 0.5) is 0 Å². The Labute approximate surface area is 136 Å². The van der Waals surface area contributed by atoms with E-state index in [2.05, 4.69) is 35.9 Å². The smallest absolute Gasteiger partial charge is 0.127 e. The van der Waals surface area contributed by atoms with Gasteiger partial charge in [0.05, 0.1) is 16.4 Å². The first-order chi connectivity index (χ1) is 10.1. The molecule has 0 saturated heterocycles. The van der Waals surface area contributed by atoms with Gasteiger partial charge in [-0.05, 0) is 57.1 Å². The Morgan fingerprint density at radius 3 is 2.90 bits per heavy atom. The zero-order valence-corrected chi connectivity index (χ0v) is 14.5. The van der Waals surface area contributed by atoms with Gasteiger partial charge in [0.2, 0.25) is 0 Å². The van der Waals surface area contributed by atoms with Crippen molar-refractivity contribution in [3.8, 4) is 0 Å². The number of halogens is 1. The summed E-state index contributed by atoms with van der Waals surface area (Å²) in [7, 11) is 0. The Morgan fingerprint density at radius 1 is 1.38 bits per heavy atom. The van der Waals surface area contributed by atoms with Crippen LogP contribution in [0.15, 0.2) is 18.2 Å². The SMILES string of the molecule is CSC1CCCC(n2c(C(C)Cl)nc3ccc(C)cc32)C1. The van der Waals surface area contributed by atoms with Crippen LogP contribution in [0.2, 0.25) is 0 Å². The quantitative estimate of drug-likeness (QED) is 0.695. The maximum absolute atomic E-state index is 6.42. The molecule has 0 aliphatic heterocycles. The van der Waals surface area contributed by atoms with Gasteiger partial charge in [0.15, 0.2) is 0 Å². The Hall–Kier alpha value is -0.670. The highest BCUT2D eigenvalue weighted by atomic mass is 35.5. The molecule has 114 valence electrons. The van der Waals surface area contributed by atoms with Crippen LogP contribution in [-0.2, 0) is 0 Å². The van der Waals surface area contributed by atoms with Crippen LogP contribution in [0.1, 0.15) is 55.4 Å². The van der Waals surface area contributed by atoms with E-state index in [4.69, 9.17) is 16.6 Å². The summed E-state index contributed by atoms with van der Waals surface area (Å²) in [5.74, 6) is 1.03. The van der Waals surface area contributed by atoms with Gasteiger partial charge in [0.1, 0.15) is 5.82 Å². The van der Waals surface area contributed by atoms with E-state index in [-0.39, 0.29) is 5.38 Å². The van der Waals surface area contributed by atoms with Crippen LogP contribution in [0.3, 0.4) is 0 Å². The molecular weight excluding hydrogens is 300 g/mol. The van der Waals surface area contributed by atoms with E-state index in [9.17, 15) is 0 Å². The molecule has 4 heteroatoms. The van der Waals surface area contributed by atoms with Gasteiger partial charge < -0.3 is 4.57 Å². The molecule has 2 aromatic rings. The molecule has 0 N–H and O–H groups in total. The van der Waals surface area contributed by atoms with Crippen molar-refractivity contribution in [2.45, 2.75) is 56.2 Å². The predicted octanol–water partition coefficient (Wildman–Crippen LogP) is 5.49. The molecule has 3 unspecified atom stereocenters. The van der Waals surface area contributed by atoms with Gasteiger partial charge in [-0.25, -0.2) is 4.98 Å². The van der Waals surface area contributed by atoms with Crippen LogP contribution >= 0.6 is 23.4 Å². The molecule has 1 fully saturated rings. The number of aromatic nitrogens is 2. The summed E-state index contributed by atoms with van der Waals surface area (Å²) >= 11 is 8.42. The minimum atomic E-state index is -0.0487. The highest BCUT2D eigenvalue weighted by molar-refractivity contribution is 7.99. The van der Waals surface area contributed by atoms with Gasteiger partial charge >= 0.3 is 0 Å². The first-order valence-electron chi connectivity index (χ1n) is 7.75. The first-order valence-corrected chi connectivity index (χ1v) is 9.48. The maximum atomic E-state index is 6.42. The Morgan fingerprint density at radius 2 is 2.19 bits per heavy atom. The zero-order chi connectivity index (χ0) is 15.0. The monoisotopic (exact) mass is 322 g/mol. The number of imidazole rings is 1. The summed E-state index contributed by atoms with van der Waals surface area (Å²) in [5, 5.41) is 0.719. The molecule has 0 bridgehead atoms. The molecule has 21 heavy (non-hydrogen) atoms. The van der Waals surface area contributed by atoms with Crippen molar-refractivity contribution in [1.82, 2.24) is 9.55 Å². The minimum Gasteiger partial charge on any atom is -0.324 e. The Kier molecular flexibility index (Phi) is 4.51. The summed E-state index contributed by atoms with van der Waals surface area (Å²) in [6.45, 7) is 4.17. The largest absolute Gasteiger partial charge is 0.324 e. The van der Waals surface area contributed by atoms with Crippen LogP contribution < -0.4 is 0 Å². The van der Waals surface area contributed by atoms with Crippen LogP contribution in [-0.4, -0.2) is 21.1 Å². The van der Waals surface area contributed by atoms with E-state index in [1.165, 1.54) is 36.8 Å². The summed E-state index contributed by atoms with van der Waals surface area (Å²) in [6, 6.07) is 7.06. The lowest BCUT2D eigenvalue weighted by Crippen LogP contribution is -2.22. The third-order valence-corrected chi connectivity index (χ3v) is 5.81. The van der Waals surface area contributed by atoms with Crippen molar-refractivity contribution in [2.75, 3.05) is 6.26 Å². The predicted molar refractivity (Wildman–Crippen MR) is 93.5 cm³/mol. The lowest BCUT2D eigenvalue weighted by atomic mass is 9.94. The standard InChI is InChI=1S/C17H23ClN2S/c1-11-7-8-15-16(9-11)20(17(19-15)12(2)18)13-5-4-6-14(10-13)21-3/h7-9,12-14H,4-6,10H2,1-3H3. The highest BCUT2D eigenvalue weighted by Gasteiger charge is 2.27. The number of aryl methyl sites for hydroxylation is 1. The summed E-state index contributed by atoms with van der Waals surface area (Å²) < 4.78 is 2.43. The molecule has 1 heterocycles. The normalized spacial score (nSPS) is 24.4.